The lowest BCUT2D eigenvalue weighted by molar-refractivity contribution is -0.362. The molecule has 2 saturated heterocycles. The standard InChI is InChI=1S/C34H38N2O14/c1-35-21-13-36-34(44)28(39)30(50-33(21,31(34)41)32(42)43)47-17-11-18(14-5-4-6-16(38)9-14)23-19(12-17)48-29(40)24-22-15(7-8-37)10-20(45-2)25(46-3)27(22)49-26(23)24/h4-6,9-12,21,24,26,28-31,35-41,44H,7-8,13H2,1-3H3,(H,42,43). The molecule has 268 valence electrons. The van der Waals surface area contributed by atoms with Crippen LogP contribution in [0.15, 0.2) is 42.5 Å². The lowest BCUT2D eigenvalue weighted by atomic mass is 9.74. The summed E-state index contributed by atoms with van der Waals surface area (Å²) in [5, 5.41) is 81.1. The van der Waals surface area contributed by atoms with Gasteiger partial charge in [0.1, 0.15) is 29.5 Å². The molecule has 3 aromatic rings. The zero-order valence-electron chi connectivity index (χ0n) is 27.2. The Morgan fingerprint density at radius 2 is 1.86 bits per heavy atom. The summed E-state index contributed by atoms with van der Waals surface area (Å²) in [7, 11) is 4.38. The van der Waals surface area contributed by atoms with E-state index in [1.807, 2.05) is 0 Å². The first-order chi connectivity index (χ1) is 23.9. The second-order valence-corrected chi connectivity index (χ2v) is 12.6. The molecular weight excluding hydrogens is 660 g/mol. The zero-order chi connectivity index (χ0) is 35.7. The van der Waals surface area contributed by atoms with Crippen LogP contribution in [-0.2, 0) is 16.0 Å². The zero-order valence-corrected chi connectivity index (χ0v) is 27.2. The summed E-state index contributed by atoms with van der Waals surface area (Å²) in [6, 6.07) is 9.86. The number of piperidine rings is 1. The fourth-order valence-corrected chi connectivity index (χ4v) is 7.66. The highest BCUT2D eigenvalue weighted by Crippen LogP contribution is 2.61. The first-order valence-corrected chi connectivity index (χ1v) is 15.9. The van der Waals surface area contributed by atoms with Gasteiger partial charge in [0.15, 0.2) is 23.3 Å². The minimum Gasteiger partial charge on any atom is -0.508 e. The third-order valence-electron chi connectivity index (χ3n) is 10.0. The molecule has 4 aliphatic heterocycles. The predicted molar refractivity (Wildman–Crippen MR) is 170 cm³/mol. The molecule has 9 N–H and O–H groups in total. The number of ether oxygens (including phenoxy) is 6. The van der Waals surface area contributed by atoms with Crippen molar-refractivity contribution in [2.24, 2.45) is 0 Å². The van der Waals surface area contributed by atoms with Crippen LogP contribution in [0.5, 0.6) is 34.5 Å². The minimum atomic E-state index is -2.54. The molecule has 2 bridgehead atoms. The number of fused-ring (bicyclic) bond motifs is 7. The second kappa shape index (κ2) is 12.4. The molecule has 3 aromatic carbocycles. The number of benzene rings is 3. The highest BCUT2D eigenvalue weighted by atomic mass is 16.7. The van der Waals surface area contributed by atoms with Crippen LogP contribution in [0.2, 0.25) is 0 Å². The summed E-state index contributed by atoms with van der Waals surface area (Å²) in [6.45, 7) is -0.370. The average molecular weight is 699 g/mol. The van der Waals surface area contributed by atoms with Crippen molar-refractivity contribution >= 4 is 5.97 Å². The Morgan fingerprint density at radius 3 is 2.52 bits per heavy atom. The molecule has 2 fully saturated rings. The van der Waals surface area contributed by atoms with E-state index in [0.717, 1.165) is 0 Å². The van der Waals surface area contributed by atoms with Crippen molar-refractivity contribution in [1.82, 2.24) is 10.6 Å². The molecule has 4 heterocycles. The van der Waals surface area contributed by atoms with Gasteiger partial charge in [-0.15, -0.1) is 0 Å². The number of hydrogen-bond acceptors (Lipinski definition) is 15. The van der Waals surface area contributed by atoms with Crippen molar-refractivity contribution in [2.45, 2.75) is 60.6 Å². The molecule has 7 rings (SSSR count). The number of aromatic hydroxyl groups is 1. The van der Waals surface area contributed by atoms with Crippen molar-refractivity contribution in [3.8, 4) is 45.6 Å². The Bertz CT molecular complexity index is 1820. The van der Waals surface area contributed by atoms with Crippen LogP contribution >= 0.6 is 0 Å². The van der Waals surface area contributed by atoms with Gasteiger partial charge >= 0.3 is 5.97 Å². The van der Waals surface area contributed by atoms with Gasteiger partial charge in [0.25, 0.3) is 0 Å². The molecule has 0 amide bonds. The lowest BCUT2D eigenvalue weighted by Gasteiger charge is -2.58. The van der Waals surface area contributed by atoms with Gasteiger partial charge in [-0.1, -0.05) is 12.1 Å². The normalized spacial score (nSPS) is 32.1. The molecule has 16 nitrogen and oxygen atoms in total. The van der Waals surface area contributed by atoms with Crippen LogP contribution < -0.4 is 34.3 Å². The summed E-state index contributed by atoms with van der Waals surface area (Å²) in [5.74, 6) is -1.50. The molecule has 0 aromatic heterocycles. The SMILES string of the molecule is CNC1CNC2(O)C(O)C(Oc3cc4c(c(-c5cccc(O)c5)c3)C3Oc5c(OC)c(OC)cc(CCO)c5C3C(O)O4)OC1(C(=O)O)C2O. The van der Waals surface area contributed by atoms with Crippen LogP contribution in [-0.4, -0.2) is 118 Å². The molecule has 0 spiro atoms. The van der Waals surface area contributed by atoms with Gasteiger partial charge in [0.2, 0.25) is 23.9 Å². The third-order valence-corrected chi connectivity index (χ3v) is 10.0. The van der Waals surface area contributed by atoms with Crippen LogP contribution in [0.4, 0.5) is 0 Å². The molecule has 0 radical (unpaired) electrons. The molecule has 16 heteroatoms. The van der Waals surface area contributed by atoms with E-state index in [9.17, 15) is 40.5 Å². The third kappa shape index (κ3) is 4.86. The monoisotopic (exact) mass is 698 g/mol. The molecule has 4 aliphatic rings. The Kier molecular flexibility index (Phi) is 8.47. The van der Waals surface area contributed by atoms with Crippen LogP contribution in [0, 0.1) is 0 Å². The number of aliphatic hydroxyl groups excluding tert-OH is 4. The van der Waals surface area contributed by atoms with Crippen molar-refractivity contribution < 1.29 is 69.0 Å². The summed E-state index contributed by atoms with van der Waals surface area (Å²) in [4.78, 5) is 12.6. The van der Waals surface area contributed by atoms with Crippen LogP contribution in [0.3, 0.4) is 0 Å². The quantitative estimate of drug-likeness (QED) is 0.139. The fraction of sp³-hybridized carbons (Fsp3) is 0.441. The number of aliphatic hydroxyl groups is 5. The number of rotatable bonds is 9. The predicted octanol–water partition coefficient (Wildman–Crippen LogP) is -0.301. The maximum atomic E-state index is 12.6. The number of nitrogens with one attached hydrogen (secondary N) is 2. The van der Waals surface area contributed by atoms with Gasteiger partial charge in [0.05, 0.1) is 26.2 Å². The smallest absolute Gasteiger partial charge is 0.340 e. The van der Waals surface area contributed by atoms with E-state index in [1.54, 1.807) is 18.2 Å². The highest BCUT2D eigenvalue weighted by molar-refractivity contribution is 5.81. The second-order valence-electron chi connectivity index (χ2n) is 12.6. The van der Waals surface area contributed by atoms with E-state index in [1.165, 1.54) is 45.5 Å². The van der Waals surface area contributed by atoms with Crippen molar-refractivity contribution in [1.29, 1.82) is 0 Å². The topological polar surface area (TPSA) is 238 Å². The minimum absolute atomic E-state index is 0.0490. The molecular formula is C34H38N2O14. The number of aliphatic carboxylic acids is 1. The molecule has 9 unspecified atom stereocenters. The largest absolute Gasteiger partial charge is 0.508 e. The van der Waals surface area contributed by atoms with E-state index in [4.69, 9.17) is 28.4 Å². The van der Waals surface area contributed by atoms with E-state index >= 15 is 0 Å². The number of likely N-dealkylation sites (N-methyl/N-ethyl adjacent to an activating group) is 1. The van der Waals surface area contributed by atoms with Gasteiger partial charge < -0.3 is 69.5 Å². The summed E-state index contributed by atoms with van der Waals surface area (Å²) in [5.41, 5.74) is -2.44. The Hall–Kier alpha value is -4.39. The van der Waals surface area contributed by atoms with E-state index in [2.05, 4.69) is 10.6 Å². The maximum Gasteiger partial charge on any atom is 0.340 e. The van der Waals surface area contributed by atoms with Crippen molar-refractivity contribution in [3.05, 3.63) is 59.2 Å². The van der Waals surface area contributed by atoms with E-state index in [-0.39, 0.29) is 42.6 Å². The van der Waals surface area contributed by atoms with Crippen molar-refractivity contribution in [3.63, 3.8) is 0 Å². The fourth-order valence-electron chi connectivity index (χ4n) is 7.66. The van der Waals surface area contributed by atoms with Crippen molar-refractivity contribution in [2.75, 3.05) is 34.4 Å². The van der Waals surface area contributed by atoms with Gasteiger partial charge in [-0.05, 0) is 54.4 Å². The number of carboxylic acid groups (broad SMARTS) is 1. The number of hydrogen-bond donors (Lipinski definition) is 9. The number of phenolic OH excluding ortho intramolecular Hbond substituents is 1. The van der Waals surface area contributed by atoms with Crippen LogP contribution in [0.1, 0.15) is 28.7 Å². The van der Waals surface area contributed by atoms with E-state index in [0.29, 0.717) is 39.3 Å². The summed E-state index contributed by atoms with van der Waals surface area (Å²) >= 11 is 0. The maximum absolute atomic E-state index is 12.6. The molecule has 0 aliphatic carbocycles. The molecule has 0 saturated carbocycles. The van der Waals surface area contributed by atoms with Crippen LogP contribution in [0.25, 0.3) is 11.1 Å². The number of phenols is 1. The number of methoxy groups -OCH3 is 2. The summed E-state index contributed by atoms with van der Waals surface area (Å²) < 4.78 is 35.8. The summed E-state index contributed by atoms with van der Waals surface area (Å²) in [6.07, 6.45) is -8.10. The Labute approximate surface area is 285 Å². The van der Waals surface area contributed by atoms with Gasteiger partial charge in [-0.25, -0.2) is 4.79 Å². The Morgan fingerprint density at radius 1 is 1.08 bits per heavy atom. The molecule has 9 atom stereocenters. The molecule has 50 heavy (non-hydrogen) atoms. The first kappa shape index (κ1) is 34.1. The van der Waals surface area contributed by atoms with Gasteiger partial charge in [0, 0.05) is 30.3 Å². The first-order valence-electron chi connectivity index (χ1n) is 15.9. The average Bonchev–Trinajstić information content (AvgIpc) is 3.50. The Balaban J connectivity index is 1.36. The lowest BCUT2D eigenvalue weighted by Crippen LogP contribution is -2.87. The highest BCUT2D eigenvalue weighted by Gasteiger charge is 2.71. The number of carboxylic acids is 1. The van der Waals surface area contributed by atoms with E-state index < -0.39 is 60.1 Å². The van der Waals surface area contributed by atoms with Gasteiger partial charge in [-0.3, -0.25) is 5.32 Å². The number of carbonyl (C=O) groups is 1. The van der Waals surface area contributed by atoms with Gasteiger partial charge in [-0.2, -0.15) is 0 Å².